The Hall–Kier alpha value is -0.600. The van der Waals surface area contributed by atoms with Gasteiger partial charge in [-0.3, -0.25) is 0 Å². The Morgan fingerprint density at radius 3 is 1.32 bits per heavy atom. The van der Waals surface area contributed by atoms with Crippen molar-refractivity contribution in [1.82, 2.24) is 0 Å². The fourth-order valence-electron chi connectivity index (χ4n) is 2.38. The Morgan fingerprint density at radius 1 is 0.560 bits per heavy atom. The van der Waals surface area contributed by atoms with Crippen molar-refractivity contribution in [3.63, 3.8) is 0 Å². The molecule has 0 aromatic heterocycles. The van der Waals surface area contributed by atoms with Gasteiger partial charge < -0.3 is 5.11 Å². The lowest BCUT2D eigenvalue weighted by atomic mass is 9.92. The van der Waals surface area contributed by atoms with Crippen molar-refractivity contribution in [2.45, 2.75) is 94.8 Å². The van der Waals surface area contributed by atoms with Crippen molar-refractivity contribution in [2.75, 3.05) is 6.61 Å². The van der Waals surface area contributed by atoms with Gasteiger partial charge in [-0.2, -0.15) is 35.1 Å². The second-order valence-corrected chi connectivity index (χ2v) is 6.26. The molecule has 0 bridgehead atoms. The molecule has 0 aromatic rings. The molecule has 0 aliphatic rings. The minimum absolute atomic E-state index is 0.141. The number of halogens is 8. The third kappa shape index (κ3) is 6.25. The number of rotatable bonds is 14. The van der Waals surface area contributed by atoms with E-state index in [0.717, 1.165) is 19.3 Å². The molecule has 0 aliphatic heterocycles. The van der Waals surface area contributed by atoms with Crippen LogP contribution in [0.4, 0.5) is 35.1 Å². The van der Waals surface area contributed by atoms with Crippen LogP contribution in [0.3, 0.4) is 0 Å². The minimum atomic E-state index is -6.21. The van der Waals surface area contributed by atoms with Crippen LogP contribution in [0, 0.1) is 0 Å². The van der Waals surface area contributed by atoms with Crippen LogP contribution < -0.4 is 0 Å². The van der Waals surface area contributed by atoms with Crippen molar-refractivity contribution in [3.8, 4) is 0 Å². The number of aliphatic hydroxyl groups excluding tert-OH is 1. The van der Waals surface area contributed by atoms with Crippen LogP contribution >= 0.6 is 0 Å². The molecular weight excluding hydrogens is 360 g/mol. The lowest BCUT2D eigenvalue weighted by molar-refractivity contribution is -0.368. The van der Waals surface area contributed by atoms with E-state index >= 15 is 0 Å². The first-order valence-corrected chi connectivity index (χ1v) is 8.49. The topological polar surface area (TPSA) is 20.2 Å². The minimum Gasteiger partial charge on any atom is -0.396 e. The van der Waals surface area contributed by atoms with E-state index in [1.54, 1.807) is 0 Å². The number of unbranched alkanes of at least 4 members (excludes halogenated alkanes) is 6. The van der Waals surface area contributed by atoms with Crippen molar-refractivity contribution in [1.29, 1.82) is 0 Å². The molecule has 9 heteroatoms. The van der Waals surface area contributed by atoms with E-state index in [0.29, 0.717) is 12.8 Å². The first-order valence-electron chi connectivity index (χ1n) is 8.49. The van der Waals surface area contributed by atoms with Crippen LogP contribution in [0.5, 0.6) is 0 Å². The van der Waals surface area contributed by atoms with Crippen LogP contribution in [-0.2, 0) is 0 Å². The van der Waals surface area contributed by atoms with E-state index in [4.69, 9.17) is 5.11 Å². The third-order valence-corrected chi connectivity index (χ3v) is 4.06. The Bertz CT molecular complexity index is 371. The first kappa shape index (κ1) is 24.4. The van der Waals surface area contributed by atoms with Crippen molar-refractivity contribution < 1.29 is 40.2 Å². The number of aliphatic hydroxyl groups is 1. The Balaban J connectivity index is 4.78. The van der Waals surface area contributed by atoms with Gasteiger partial charge in [0.25, 0.3) is 0 Å². The van der Waals surface area contributed by atoms with Crippen LogP contribution in [0.25, 0.3) is 0 Å². The molecule has 0 atom stereocenters. The van der Waals surface area contributed by atoms with Gasteiger partial charge in [0.2, 0.25) is 0 Å². The van der Waals surface area contributed by atoms with E-state index in [-0.39, 0.29) is 6.42 Å². The maximum Gasteiger partial charge on any atom is 0.378 e. The normalized spacial score (nSPS) is 14.2. The van der Waals surface area contributed by atoms with Crippen molar-refractivity contribution in [3.05, 3.63) is 0 Å². The monoisotopic (exact) mass is 386 g/mol. The van der Waals surface area contributed by atoms with Gasteiger partial charge in [-0.05, 0) is 12.8 Å². The zero-order valence-corrected chi connectivity index (χ0v) is 14.2. The summed E-state index contributed by atoms with van der Waals surface area (Å²) in [5, 5.41) is 8.36. The molecule has 0 radical (unpaired) electrons. The highest BCUT2D eigenvalue weighted by Crippen LogP contribution is 2.55. The predicted octanol–water partition coefficient (Wildman–Crippen LogP) is 6.44. The Morgan fingerprint density at radius 2 is 0.920 bits per heavy atom. The van der Waals surface area contributed by atoms with Crippen molar-refractivity contribution >= 4 is 0 Å². The largest absolute Gasteiger partial charge is 0.396 e. The van der Waals surface area contributed by atoms with E-state index in [1.807, 2.05) is 6.92 Å². The van der Waals surface area contributed by atoms with Gasteiger partial charge >= 0.3 is 23.7 Å². The van der Waals surface area contributed by atoms with Gasteiger partial charge in [-0.1, -0.05) is 45.4 Å². The second kappa shape index (κ2) is 9.92. The zero-order valence-electron chi connectivity index (χ0n) is 14.2. The van der Waals surface area contributed by atoms with Gasteiger partial charge in [-0.25, -0.2) is 0 Å². The summed E-state index contributed by atoms with van der Waals surface area (Å²) in [6, 6.07) is 0. The summed E-state index contributed by atoms with van der Waals surface area (Å²) in [6.45, 7) is 1.03. The molecule has 0 fully saturated rings. The van der Waals surface area contributed by atoms with E-state index in [2.05, 4.69) is 0 Å². The summed E-state index contributed by atoms with van der Waals surface area (Å²) in [5.41, 5.74) is 0. The summed E-state index contributed by atoms with van der Waals surface area (Å²) in [5.74, 6) is -23.0. The highest BCUT2D eigenvalue weighted by molar-refractivity contribution is 5.03. The highest BCUT2D eigenvalue weighted by Gasteiger charge is 2.79. The smallest absolute Gasteiger partial charge is 0.378 e. The molecule has 0 saturated heterocycles. The Labute approximate surface area is 142 Å². The quantitative estimate of drug-likeness (QED) is 0.269. The average molecular weight is 386 g/mol. The lowest BCUT2D eigenvalue weighted by Gasteiger charge is -2.37. The maximum absolute atomic E-state index is 13.6. The van der Waals surface area contributed by atoms with Crippen LogP contribution in [-0.4, -0.2) is 35.4 Å². The van der Waals surface area contributed by atoms with Gasteiger partial charge in [0.15, 0.2) is 0 Å². The molecule has 0 aliphatic carbocycles. The van der Waals surface area contributed by atoms with Gasteiger partial charge in [0.05, 0.1) is 0 Å². The number of hydrogen-bond donors (Lipinski definition) is 1. The third-order valence-electron chi connectivity index (χ3n) is 4.06. The molecule has 0 spiro atoms. The van der Waals surface area contributed by atoms with Crippen LogP contribution in [0.1, 0.15) is 71.1 Å². The number of hydrogen-bond acceptors (Lipinski definition) is 1. The van der Waals surface area contributed by atoms with Gasteiger partial charge in [0, 0.05) is 19.4 Å². The molecular formula is C16H26F8O. The summed E-state index contributed by atoms with van der Waals surface area (Å²) >= 11 is 0. The fourth-order valence-corrected chi connectivity index (χ4v) is 2.38. The lowest BCUT2D eigenvalue weighted by Crippen LogP contribution is -2.62. The molecule has 0 unspecified atom stereocenters. The molecule has 0 heterocycles. The van der Waals surface area contributed by atoms with E-state index < -0.39 is 56.0 Å². The maximum atomic E-state index is 13.6. The highest BCUT2D eigenvalue weighted by atomic mass is 19.4. The molecule has 152 valence electrons. The Kier molecular flexibility index (Phi) is 9.68. The fraction of sp³-hybridized carbons (Fsp3) is 1.00. The van der Waals surface area contributed by atoms with Crippen LogP contribution in [0.15, 0.2) is 0 Å². The van der Waals surface area contributed by atoms with Crippen LogP contribution in [0.2, 0.25) is 0 Å². The zero-order chi connectivity index (χ0) is 19.8. The molecule has 0 rings (SSSR count). The molecule has 0 aromatic carbocycles. The molecule has 25 heavy (non-hydrogen) atoms. The predicted molar refractivity (Wildman–Crippen MR) is 78.7 cm³/mol. The van der Waals surface area contributed by atoms with Crippen molar-refractivity contribution in [2.24, 2.45) is 0 Å². The summed E-state index contributed by atoms with van der Waals surface area (Å²) in [4.78, 5) is 0. The summed E-state index contributed by atoms with van der Waals surface area (Å²) < 4.78 is 108. The molecule has 0 saturated carbocycles. The first-order chi connectivity index (χ1) is 11.4. The number of alkyl halides is 8. The second-order valence-electron chi connectivity index (χ2n) is 6.26. The average Bonchev–Trinajstić information content (AvgIpc) is 2.51. The van der Waals surface area contributed by atoms with E-state index in [9.17, 15) is 35.1 Å². The van der Waals surface area contributed by atoms with E-state index in [1.165, 1.54) is 0 Å². The molecule has 1 nitrogen and oxygen atoms in total. The molecule has 0 amide bonds. The standard InChI is InChI=1S/C16H26F8O/c1-2-3-4-5-6-7-8-10-13(17,18)15(21,22)16(23,24)14(19,20)11-9-12-25/h25H,2-12H2,1H3. The SMILES string of the molecule is CCCCCCCCCC(F)(F)C(F)(F)C(F)(F)C(F)(F)CCCO. The molecule has 1 N–H and O–H groups in total. The summed E-state index contributed by atoms with van der Waals surface area (Å²) in [7, 11) is 0. The summed E-state index contributed by atoms with van der Waals surface area (Å²) in [6.07, 6.45) is -0.628. The van der Waals surface area contributed by atoms with Gasteiger partial charge in [-0.15, -0.1) is 0 Å². The van der Waals surface area contributed by atoms with Gasteiger partial charge in [0.1, 0.15) is 0 Å².